The van der Waals surface area contributed by atoms with Gasteiger partial charge in [0.1, 0.15) is 5.82 Å². The lowest BCUT2D eigenvalue weighted by Crippen LogP contribution is -2.45. The molecule has 118 valence electrons. The Morgan fingerprint density at radius 1 is 1.19 bits per heavy atom. The molecule has 0 spiro atoms. The van der Waals surface area contributed by atoms with Gasteiger partial charge in [-0.05, 0) is 62.9 Å². The van der Waals surface area contributed by atoms with Crippen LogP contribution in [0.4, 0.5) is 10.1 Å². The van der Waals surface area contributed by atoms with Gasteiger partial charge in [0.05, 0.1) is 0 Å². The SMILES string of the molecule is CCCNC(CN(CC)c1ccc(F)cc1)C1CCCC1. The average molecular weight is 292 g/mol. The van der Waals surface area contributed by atoms with Gasteiger partial charge in [-0.15, -0.1) is 0 Å². The molecule has 1 aliphatic carbocycles. The summed E-state index contributed by atoms with van der Waals surface area (Å²) in [5.74, 6) is 0.636. The summed E-state index contributed by atoms with van der Waals surface area (Å²) >= 11 is 0. The summed E-state index contributed by atoms with van der Waals surface area (Å²) in [5, 5.41) is 3.74. The van der Waals surface area contributed by atoms with Crippen molar-refractivity contribution in [1.82, 2.24) is 5.32 Å². The van der Waals surface area contributed by atoms with Gasteiger partial charge in [-0.25, -0.2) is 4.39 Å². The lowest BCUT2D eigenvalue weighted by atomic mass is 9.97. The van der Waals surface area contributed by atoms with E-state index in [-0.39, 0.29) is 5.82 Å². The van der Waals surface area contributed by atoms with E-state index in [4.69, 9.17) is 0 Å². The van der Waals surface area contributed by atoms with E-state index in [9.17, 15) is 4.39 Å². The fraction of sp³-hybridized carbons (Fsp3) is 0.667. The first-order chi connectivity index (χ1) is 10.2. The first-order valence-electron chi connectivity index (χ1n) is 8.48. The van der Waals surface area contributed by atoms with E-state index in [0.717, 1.165) is 31.2 Å². The summed E-state index contributed by atoms with van der Waals surface area (Å²) in [4.78, 5) is 2.37. The molecule has 2 rings (SSSR count). The Labute approximate surface area is 128 Å². The maximum Gasteiger partial charge on any atom is 0.123 e. The Bertz CT molecular complexity index is 398. The van der Waals surface area contributed by atoms with E-state index < -0.39 is 0 Å². The van der Waals surface area contributed by atoms with Gasteiger partial charge in [0.15, 0.2) is 0 Å². The molecule has 2 nitrogen and oxygen atoms in total. The molecule has 0 radical (unpaired) electrons. The second kappa shape index (κ2) is 8.38. The van der Waals surface area contributed by atoms with Crippen molar-refractivity contribution >= 4 is 5.69 Å². The van der Waals surface area contributed by atoms with Gasteiger partial charge in [0, 0.05) is 24.8 Å². The zero-order valence-corrected chi connectivity index (χ0v) is 13.4. The van der Waals surface area contributed by atoms with Crippen LogP contribution in [0.15, 0.2) is 24.3 Å². The summed E-state index contributed by atoms with van der Waals surface area (Å²) in [6.07, 6.45) is 6.62. The number of halogens is 1. The number of rotatable bonds is 8. The molecule has 1 fully saturated rings. The van der Waals surface area contributed by atoms with Crippen LogP contribution in [-0.2, 0) is 0 Å². The molecule has 0 saturated heterocycles. The van der Waals surface area contributed by atoms with E-state index >= 15 is 0 Å². The van der Waals surface area contributed by atoms with Gasteiger partial charge in [0.25, 0.3) is 0 Å². The fourth-order valence-electron chi connectivity index (χ4n) is 3.38. The summed E-state index contributed by atoms with van der Waals surface area (Å²) in [6, 6.07) is 7.45. The molecule has 1 aliphatic rings. The van der Waals surface area contributed by atoms with Gasteiger partial charge in [-0.1, -0.05) is 19.8 Å². The predicted octanol–water partition coefficient (Wildman–Crippen LogP) is 4.21. The average Bonchev–Trinajstić information content (AvgIpc) is 3.03. The molecule has 0 bridgehead atoms. The summed E-state index contributed by atoms with van der Waals surface area (Å²) in [7, 11) is 0. The van der Waals surface area contributed by atoms with E-state index in [2.05, 4.69) is 24.1 Å². The van der Waals surface area contributed by atoms with Crippen LogP contribution in [-0.4, -0.2) is 25.7 Å². The number of benzene rings is 1. The van der Waals surface area contributed by atoms with Gasteiger partial charge < -0.3 is 10.2 Å². The molecule has 0 heterocycles. The summed E-state index contributed by atoms with van der Waals surface area (Å²) in [5.41, 5.74) is 1.13. The van der Waals surface area contributed by atoms with Gasteiger partial charge in [0.2, 0.25) is 0 Å². The molecule has 1 saturated carbocycles. The smallest absolute Gasteiger partial charge is 0.123 e. The zero-order valence-electron chi connectivity index (χ0n) is 13.4. The third-order valence-corrected chi connectivity index (χ3v) is 4.62. The molecule has 1 unspecified atom stereocenters. The van der Waals surface area contributed by atoms with E-state index in [1.807, 2.05) is 12.1 Å². The zero-order chi connectivity index (χ0) is 15.1. The summed E-state index contributed by atoms with van der Waals surface area (Å²) < 4.78 is 13.1. The number of hydrogen-bond acceptors (Lipinski definition) is 2. The number of likely N-dealkylation sites (N-methyl/N-ethyl adjacent to an activating group) is 1. The van der Waals surface area contributed by atoms with Crippen LogP contribution in [0.2, 0.25) is 0 Å². The van der Waals surface area contributed by atoms with Crippen molar-refractivity contribution in [1.29, 1.82) is 0 Å². The van der Waals surface area contributed by atoms with Crippen LogP contribution in [0, 0.1) is 11.7 Å². The lowest BCUT2D eigenvalue weighted by Gasteiger charge is -2.32. The maximum atomic E-state index is 13.1. The number of hydrogen-bond donors (Lipinski definition) is 1. The third kappa shape index (κ3) is 4.70. The minimum atomic E-state index is -0.161. The second-order valence-electron chi connectivity index (χ2n) is 6.12. The topological polar surface area (TPSA) is 15.3 Å². The first-order valence-corrected chi connectivity index (χ1v) is 8.48. The van der Waals surface area contributed by atoms with E-state index in [1.165, 1.54) is 32.1 Å². The van der Waals surface area contributed by atoms with Crippen molar-refractivity contribution in [2.75, 3.05) is 24.5 Å². The number of nitrogens with zero attached hydrogens (tertiary/aromatic N) is 1. The predicted molar refractivity (Wildman–Crippen MR) is 88.3 cm³/mol. The Balaban J connectivity index is 2.02. The van der Waals surface area contributed by atoms with E-state index in [1.54, 1.807) is 12.1 Å². The molecule has 0 aliphatic heterocycles. The highest BCUT2D eigenvalue weighted by atomic mass is 19.1. The highest BCUT2D eigenvalue weighted by Gasteiger charge is 2.26. The van der Waals surface area contributed by atoms with Crippen molar-refractivity contribution in [3.63, 3.8) is 0 Å². The quantitative estimate of drug-likeness (QED) is 0.772. The first kappa shape index (κ1) is 16.3. The van der Waals surface area contributed by atoms with Crippen LogP contribution < -0.4 is 10.2 Å². The normalized spacial score (nSPS) is 17.1. The largest absolute Gasteiger partial charge is 0.370 e. The monoisotopic (exact) mass is 292 g/mol. The van der Waals surface area contributed by atoms with Crippen molar-refractivity contribution in [3.8, 4) is 0 Å². The molecular formula is C18H29FN2. The number of nitrogens with one attached hydrogen (secondary N) is 1. The molecular weight excluding hydrogens is 263 g/mol. The van der Waals surface area contributed by atoms with Crippen molar-refractivity contribution in [3.05, 3.63) is 30.1 Å². The highest BCUT2D eigenvalue weighted by molar-refractivity contribution is 5.46. The molecule has 1 aromatic carbocycles. The highest BCUT2D eigenvalue weighted by Crippen LogP contribution is 2.29. The Morgan fingerprint density at radius 2 is 1.86 bits per heavy atom. The van der Waals surface area contributed by atoms with Gasteiger partial charge in [-0.3, -0.25) is 0 Å². The molecule has 21 heavy (non-hydrogen) atoms. The Kier molecular flexibility index (Phi) is 6.50. The molecule has 3 heteroatoms. The molecule has 1 N–H and O–H groups in total. The van der Waals surface area contributed by atoms with Crippen molar-refractivity contribution in [2.24, 2.45) is 5.92 Å². The van der Waals surface area contributed by atoms with Crippen molar-refractivity contribution < 1.29 is 4.39 Å². The maximum absolute atomic E-state index is 13.1. The Hall–Kier alpha value is -1.09. The third-order valence-electron chi connectivity index (χ3n) is 4.62. The van der Waals surface area contributed by atoms with Gasteiger partial charge >= 0.3 is 0 Å². The van der Waals surface area contributed by atoms with Crippen LogP contribution in [0.5, 0.6) is 0 Å². The molecule has 1 aromatic rings. The minimum Gasteiger partial charge on any atom is -0.370 e. The fourth-order valence-corrected chi connectivity index (χ4v) is 3.38. The standard InChI is InChI=1S/C18H29FN2/c1-3-13-20-18(15-7-5-6-8-15)14-21(4-2)17-11-9-16(19)10-12-17/h9-12,15,18,20H,3-8,13-14H2,1-2H3. The Morgan fingerprint density at radius 3 is 2.43 bits per heavy atom. The second-order valence-corrected chi connectivity index (χ2v) is 6.12. The van der Waals surface area contributed by atoms with Crippen LogP contribution >= 0.6 is 0 Å². The van der Waals surface area contributed by atoms with E-state index in [0.29, 0.717) is 6.04 Å². The summed E-state index contributed by atoms with van der Waals surface area (Å²) in [6.45, 7) is 7.46. The minimum absolute atomic E-state index is 0.161. The van der Waals surface area contributed by atoms with Crippen LogP contribution in [0.25, 0.3) is 0 Å². The van der Waals surface area contributed by atoms with Crippen LogP contribution in [0.1, 0.15) is 46.0 Å². The lowest BCUT2D eigenvalue weighted by molar-refractivity contribution is 0.359. The molecule has 0 aromatic heterocycles. The van der Waals surface area contributed by atoms with Gasteiger partial charge in [-0.2, -0.15) is 0 Å². The van der Waals surface area contributed by atoms with Crippen molar-refractivity contribution in [2.45, 2.75) is 52.0 Å². The van der Waals surface area contributed by atoms with Crippen LogP contribution in [0.3, 0.4) is 0 Å². The molecule has 0 amide bonds. The number of anilines is 1. The molecule has 1 atom stereocenters.